The SMILES string of the molecule is CSC1OC(COc2ccc(N3CCN(c4ccc(N5CCN(C(C)C)C5=O)cc4)CC3)cc2)OCC1Cn1nccn1. The molecule has 4 heterocycles. The number of hydrogen-bond donors (Lipinski definition) is 0. The van der Waals surface area contributed by atoms with E-state index in [2.05, 4.69) is 70.2 Å². The van der Waals surface area contributed by atoms with Crippen LogP contribution in [0.5, 0.6) is 5.75 Å². The lowest BCUT2D eigenvalue weighted by molar-refractivity contribution is -0.224. The Morgan fingerprint density at radius 3 is 2.07 bits per heavy atom. The van der Waals surface area contributed by atoms with Gasteiger partial charge < -0.3 is 28.9 Å². The molecule has 3 atom stereocenters. The van der Waals surface area contributed by atoms with E-state index >= 15 is 0 Å². The molecule has 3 unspecified atom stereocenters. The van der Waals surface area contributed by atoms with Gasteiger partial charge in [0, 0.05) is 68.3 Å². The highest BCUT2D eigenvalue weighted by atomic mass is 32.2. The van der Waals surface area contributed by atoms with Crippen molar-refractivity contribution in [3.05, 3.63) is 60.9 Å². The first-order valence-corrected chi connectivity index (χ1v) is 16.3. The molecule has 3 aliphatic heterocycles. The molecule has 11 nitrogen and oxygen atoms in total. The molecule has 1 aromatic heterocycles. The number of anilines is 3. The Labute approximate surface area is 257 Å². The molecular formula is C31H41N7O4S. The highest BCUT2D eigenvalue weighted by Gasteiger charge is 2.33. The standard InChI is InChI=1S/C31H41N7O4S/c1-23(2)36-18-19-37(31(36)39)27-6-4-25(5-7-27)34-14-16-35(17-15-34)26-8-10-28(11-9-26)40-22-29-41-21-24(30(42-29)43-3)20-38-32-12-13-33-38/h4-13,23-24,29-30H,14-22H2,1-3H3. The van der Waals surface area contributed by atoms with Crippen molar-refractivity contribution < 1.29 is 19.0 Å². The first-order chi connectivity index (χ1) is 21.0. The molecule has 2 aromatic carbocycles. The fourth-order valence-electron chi connectivity index (χ4n) is 5.89. The zero-order valence-electron chi connectivity index (χ0n) is 25.1. The minimum Gasteiger partial charge on any atom is -0.488 e. The van der Waals surface area contributed by atoms with E-state index in [4.69, 9.17) is 14.2 Å². The average molecular weight is 608 g/mol. The van der Waals surface area contributed by atoms with Gasteiger partial charge in [0.1, 0.15) is 17.8 Å². The third kappa shape index (κ3) is 6.86. The third-order valence-electron chi connectivity index (χ3n) is 8.32. The number of piperazine rings is 1. The summed E-state index contributed by atoms with van der Waals surface area (Å²) in [6.07, 6.45) is 5.00. The van der Waals surface area contributed by atoms with Gasteiger partial charge in [-0.15, -0.1) is 11.8 Å². The number of rotatable bonds is 10. The number of carbonyl (C=O) groups is 1. The summed E-state index contributed by atoms with van der Waals surface area (Å²) in [5.74, 6) is 0.973. The minimum absolute atomic E-state index is 0.00252. The zero-order valence-corrected chi connectivity index (χ0v) is 25.9. The molecule has 3 fully saturated rings. The molecule has 3 aromatic rings. The van der Waals surface area contributed by atoms with Gasteiger partial charge in [-0.05, 0) is 68.6 Å². The number of urea groups is 1. The van der Waals surface area contributed by atoms with E-state index in [1.54, 1.807) is 29.0 Å². The molecule has 12 heteroatoms. The fraction of sp³-hybridized carbons (Fsp3) is 0.516. The van der Waals surface area contributed by atoms with E-state index in [1.165, 1.54) is 11.4 Å². The third-order valence-corrected chi connectivity index (χ3v) is 9.28. The molecule has 43 heavy (non-hydrogen) atoms. The van der Waals surface area contributed by atoms with Crippen LogP contribution in [0.4, 0.5) is 21.9 Å². The Balaban J connectivity index is 0.950. The summed E-state index contributed by atoms with van der Waals surface area (Å²) in [5.41, 5.74) is 3.35. The highest BCUT2D eigenvalue weighted by molar-refractivity contribution is 7.99. The summed E-state index contributed by atoms with van der Waals surface area (Å²) in [5, 5.41) is 8.40. The molecule has 3 saturated heterocycles. The number of aromatic nitrogens is 3. The molecular weight excluding hydrogens is 566 g/mol. The molecule has 230 valence electrons. The van der Waals surface area contributed by atoms with Crippen molar-refractivity contribution in [3.8, 4) is 5.75 Å². The smallest absolute Gasteiger partial charge is 0.324 e. The zero-order chi connectivity index (χ0) is 29.8. The topological polar surface area (TPSA) is 88.4 Å². The molecule has 0 N–H and O–H groups in total. The van der Waals surface area contributed by atoms with Gasteiger partial charge in [0.2, 0.25) is 0 Å². The van der Waals surface area contributed by atoms with Crippen LogP contribution in [0.3, 0.4) is 0 Å². The van der Waals surface area contributed by atoms with Crippen LogP contribution in [-0.4, -0.2) is 102 Å². The van der Waals surface area contributed by atoms with E-state index in [1.807, 2.05) is 28.2 Å². The second kappa shape index (κ2) is 13.4. The maximum atomic E-state index is 12.7. The van der Waals surface area contributed by atoms with Crippen molar-refractivity contribution in [1.82, 2.24) is 19.9 Å². The Bertz CT molecular complexity index is 1320. The maximum absolute atomic E-state index is 12.7. The largest absolute Gasteiger partial charge is 0.488 e. The minimum atomic E-state index is -0.410. The predicted molar refractivity (Wildman–Crippen MR) is 169 cm³/mol. The van der Waals surface area contributed by atoms with Crippen LogP contribution in [-0.2, 0) is 16.0 Å². The summed E-state index contributed by atoms with van der Waals surface area (Å²) in [7, 11) is 0. The van der Waals surface area contributed by atoms with Gasteiger partial charge in [0.05, 0.1) is 25.5 Å². The summed E-state index contributed by atoms with van der Waals surface area (Å²) in [6, 6.07) is 17.0. The summed E-state index contributed by atoms with van der Waals surface area (Å²) < 4.78 is 18.1. The van der Waals surface area contributed by atoms with E-state index in [9.17, 15) is 4.79 Å². The fourth-order valence-corrected chi connectivity index (χ4v) is 6.67. The molecule has 0 saturated carbocycles. The van der Waals surface area contributed by atoms with Crippen LogP contribution < -0.4 is 19.4 Å². The van der Waals surface area contributed by atoms with Crippen LogP contribution in [0.15, 0.2) is 60.9 Å². The number of hydrogen-bond acceptors (Lipinski definition) is 9. The van der Waals surface area contributed by atoms with Crippen LogP contribution in [0, 0.1) is 5.92 Å². The van der Waals surface area contributed by atoms with Gasteiger partial charge >= 0.3 is 6.03 Å². The Hall–Kier alpha value is -3.48. The van der Waals surface area contributed by atoms with E-state index in [-0.39, 0.29) is 23.4 Å². The Morgan fingerprint density at radius 2 is 1.49 bits per heavy atom. The Kier molecular flexibility index (Phi) is 9.25. The van der Waals surface area contributed by atoms with Crippen molar-refractivity contribution in [1.29, 1.82) is 0 Å². The summed E-state index contributed by atoms with van der Waals surface area (Å²) in [6.45, 7) is 11.0. The molecule has 0 radical (unpaired) electrons. The second-order valence-electron chi connectivity index (χ2n) is 11.4. The lowest BCUT2D eigenvalue weighted by Gasteiger charge is -2.37. The van der Waals surface area contributed by atoms with Gasteiger partial charge in [-0.2, -0.15) is 15.0 Å². The van der Waals surface area contributed by atoms with Crippen LogP contribution >= 0.6 is 11.8 Å². The average Bonchev–Trinajstić information content (AvgIpc) is 3.70. The highest BCUT2D eigenvalue weighted by Crippen LogP contribution is 2.29. The number of nitrogens with zero attached hydrogens (tertiary/aromatic N) is 7. The normalized spacial score (nSPS) is 23.0. The van der Waals surface area contributed by atoms with Gasteiger partial charge in [0.15, 0.2) is 6.29 Å². The molecule has 6 rings (SSSR count). The van der Waals surface area contributed by atoms with Gasteiger partial charge in [0.25, 0.3) is 0 Å². The van der Waals surface area contributed by atoms with Crippen LogP contribution in [0.2, 0.25) is 0 Å². The second-order valence-corrected chi connectivity index (χ2v) is 12.3. The monoisotopic (exact) mass is 607 g/mol. The van der Waals surface area contributed by atoms with E-state index in [0.29, 0.717) is 19.8 Å². The van der Waals surface area contributed by atoms with Crippen molar-refractivity contribution in [3.63, 3.8) is 0 Å². The molecule has 0 spiro atoms. The molecule has 0 bridgehead atoms. The Morgan fingerprint density at radius 1 is 0.884 bits per heavy atom. The molecule has 3 aliphatic rings. The lowest BCUT2D eigenvalue weighted by atomic mass is 10.1. The number of amides is 2. The van der Waals surface area contributed by atoms with Crippen molar-refractivity contribution in [2.24, 2.45) is 5.92 Å². The molecule has 0 aliphatic carbocycles. The quantitative estimate of drug-likeness (QED) is 0.339. The van der Waals surface area contributed by atoms with Crippen LogP contribution in [0.25, 0.3) is 0 Å². The van der Waals surface area contributed by atoms with Gasteiger partial charge in [-0.1, -0.05) is 0 Å². The first-order valence-electron chi connectivity index (χ1n) is 15.0. The van der Waals surface area contributed by atoms with Crippen molar-refractivity contribution in [2.45, 2.75) is 38.2 Å². The van der Waals surface area contributed by atoms with E-state index in [0.717, 1.165) is 50.7 Å². The number of benzene rings is 2. The summed E-state index contributed by atoms with van der Waals surface area (Å²) >= 11 is 1.67. The van der Waals surface area contributed by atoms with Gasteiger partial charge in [-0.3, -0.25) is 4.90 Å². The van der Waals surface area contributed by atoms with Crippen molar-refractivity contribution >= 4 is 34.9 Å². The number of carbonyl (C=O) groups excluding carboxylic acids is 1. The maximum Gasteiger partial charge on any atom is 0.324 e. The lowest BCUT2D eigenvalue weighted by Crippen LogP contribution is -2.46. The van der Waals surface area contributed by atoms with Crippen LogP contribution in [0.1, 0.15) is 13.8 Å². The van der Waals surface area contributed by atoms with E-state index < -0.39 is 6.29 Å². The molecule has 2 amide bonds. The predicted octanol–water partition coefficient (Wildman–Crippen LogP) is 4.01. The summed E-state index contributed by atoms with van der Waals surface area (Å²) in [4.78, 5) is 23.0. The number of ether oxygens (including phenoxy) is 3. The van der Waals surface area contributed by atoms with Crippen molar-refractivity contribution in [2.75, 3.05) is 73.4 Å². The van der Waals surface area contributed by atoms with Gasteiger partial charge in [-0.25, -0.2) is 4.79 Å². The number of thioether (sulfide) groups is 1. The first kappa shape index (κ1) is 29.6.